The molecule has 6 nitrogen and oxygen atoms in total. The van der Waals surface area contributed by atoms with Gasteiger partial charge < -0.3 is 9.64 Å². The number of amides is 1. The van der Waals surface area contributed by atoms with Gasteiger partial charge in [-0.25, -0.2) is 4.39 Å². The second kappa shape index (κ2) is 9.08. The van der Waals surface area contributed by atoms with Gasteiger partial charge in [-0.3, -0.25) is 14.2 Å². The number of morpholine rings is 1. The topological polar surface area (TPSA) is 75.3 Å². The summed E-state index contributed by atoms with van der Waals surface area (Å²) in [5.41, 5.74) is 0.0940. The molecule has 0 N–H and O–H groups in total. The number of rotatable bonds is 3. The van der Waals surface area contributed by atoms with Crippen molar-refractivity contribution in [3.05, 3.63) is 85.5 Å². The van der Waals surface area contributed by atoms with Crippen molar-refractivity contribution in [3.8, 4) is 11.8 Å². The molecule has 0 unspecified atom stereocenters. The quantitative estimate of drug-likeness (QED) is 0.623. The van der Waals surface area contributed by atoms with Crippen molar-refractivity contribution in [1.82, 2.24) is 9.47 Å². The predicted octanol–water partition coefficient (Wildman–Crippen LogP) is 1.40. The molecule has 2 aromatic carbocycles. The lowest BCUT2D eigenvalue weighted by atomic mass is 10.2. The summed E-state index contributed by atoms with van der Waals surface area (Å²) in [6, 6.07) is 17.0. The SMILES string of the molecule is N#C/C(C(=O)N1CCOCC1)=c1/s/c(=C/c2ccccc2)c(=O)n1-c1ccccc1F. The molecule has 4 rings (SSSR count). The van der Waals surface area contributed by atoms with Gasteiger partial charge in [0.25, 0.3) is 11.5 Å². The van der Waals surface area contributed by atoms with Gasteiger partial charge in [0.05, 0.1) is 23.4 Å². The van der Waals surface area contributed by atoms with Crippen LogP contribution in [-0.4, -0.2) is 41.7 Å². The summed E-state index contributed by atoms with van der Waals surface area (Å²) in [6.07, 6.45) is 1.67. The molecule has 156 valence electrons. The summed E-state index contributed by atoms with van der Waals surface area (Å²) in [6.45, 7) is 1.45. The molecule has 31 heavy (non-hydrogen) atoms. The van der Waals surface area contributed by atoms with Crippen LogP contribution in [0, 0.1) is 17.1 Å². The Bertz CT molecular complexity index is 1330. The second-order valence-electron chi connectivity index (χ2n) is 6.81. The van der Waals surface area contributed by atoms with E-state index in [0.717, 1.165) is 21.5 Å². The molecule has 1 saturated heterocycles. The molecule has 1 aliphatic rings. The molecule has 0 radical (unpaired) electrons. The number of benzene rings is 2. The maximum absolute atomic E-state index is 14.6. The maximum atomic E-state index is 14.6. The lowest BCUT2D eigenvalue weighted by Gasteiger charge is -2.26. The summed E-state index contributed by atoms with van der Waals surface area (Å²) in [5, 5.41) is 9.83. The van der Waals surface area contributed by atoms with E-state index >= 15 is 0 Å². The monoisotopic (exact) mass is 435 g/mol. The fourth-order valence-electron chi connectivity index (χ4n) is 3.31. The van der Waals surface area contributed by atoms with E-state index in [9.17, 15) is 19.2 Å². The van der Waals surface area contributed by atoms with Crippen molar-refractivity contribution in [1.29, 1.82) is 5.26 Å². The molecule has 0 saturated carbocycles. The molecule has 2 heterocycles. The first kappa shape index (κ1) is 20.7. The smallest absolute Gasteiger partial charge is 0.273 e. The summed E-state index contributed by atoms with van der Waals surface area (Å²) in [4.78, 5) is 27.9. The average molecular weight is 435 g/mol. The van der Waals surface area contributed by atoms with Crippen LogP contribution in [0.2, 0.25) is 0 Å². The molecular weight excluding hydrogens is 417 g/mol. The van der Waals surface area contributed by atoms with E-state index < -0.39 is 17.3 Å². The van der Waals surface area contributed by atoms with Crippen molar-refractivity contribution >= 4 is 28.9 Å². The van der Waals surface area contributed by atoms with Crippen molar-refractivity contribution in [2.75, 3.05) is 26.3 Å². The molecule has 0 atom stereocenters. The van der Waals surface area contributed by atoms with Crippen LogP contribution in [0.15, 0.2) is 59.4 Å². The van der Waals surface area contributed by atoms with Crippen LogP contribution in [-0.2, 0) is 9.53 Å². The summed E-state index contributed by atoms with van der Waals surface area (Å²) >= 11 is 0.999. The minimum absolute atomic E-state index is 0.00557. The zero-order valence-electron chi connectivity index (χ0n) is 16.5. The van der Waals surface area contributed by atoms with Gasteiger partial charge in [0.2, 0.25) is 0 Å². The van der Waals surface area contributed by atoms with Gasteiger partial charge in [-0.2, -0.15) is 5.26 Å². The van der Waals surface area contributed by atoms with E-state index in [1.165, 1.54) is 23.1 Å². The van der Waals surface area contributed by atoms with Gasteiger partial charge in [0.1, 0.15) is 16.5 Å². The number of aromatic nitrogens is 1. The first-order chi connectivity index (χ1) is 15.1. The van der Waals surface area contributed by atoms with Gasteiger partial charge in [0, 0.05) is 13.1 Å². The van der Waals surface area contributed by atoms with Gasteiger partial charge >= 0.3 is 0 Å². The first-order valence-corrected chi connectivity index (χ1v) is 10.5. The molecule has 1 amide bonds. The standard InChI is InChI=1S/C23H18FN3O3S/c24-18-8-4-5-9-19(18)27-22(29)20(14-16-6-2-1-3-7-16)31-23(27)17(15-25)21(28)26-10-12-30-13-11-26/h1-9,14H,10-13H2/b20-14+,23-17-. The third kappa shape index (κ3) is 4.19. The number of ether oxygens (including phenoxy) is 1. The molecule has 0 bridgehead atoms. The summed E-state index contributed by atoms with van der Waals surface area (Å²) in [7, 11) is 0. The number of nitrogens with zero attached hydrogens (tertiary/aromatic N) is 3. The van der Waals surface area contributed by atoms with E-state index in [0.29, 0.717) is 30.8 Å². The Hall–Kier alpha value is -3.54. The fourth-order valence-corrected chi connectivity index (χ4v) is 4.40. The number of carbonyl (C=O) groups is 1. The molecule has 3 aromatic rings. The lowest BCUT2D eigenvalue weighted by Crippen LogP contribution is -2.42. The number of para-hydroxylation sites is 1. The Morgan fingerprint density at radius 2 is 1.77 bits per heavy atom. The van der Waals surface area contributed by atoms with Crippen LogP contribution in [0.4, 0.5) is 4.39 Å². The minimum atomic E-state index is -0.619. The van der Waals surface area contributed by atoms with E-state index in [1.54, 1.807) is 12.1 Å². The number of halogens is 1. The average Bonchev–Trinajstić information content (AvgIpc) is 3.11. The molecular formula is C23H18FN3O3S. The number of carbonyl (C=O) groups excluding carboxylic acids is 1. The van der Waals surface area contributed by atoms with Gasteiger partial charge in [-0.1, -0.05) is 42.5 Å². The minimum Gasteiger partial charge on any atom is -0.378 e. The summed E-state index contributed by atoms with van der Waals surface area (Å²) < 4.78 is 21.4. The highest BCUT2D eigenvalue weighted by molar-refractivity contribution is 7.07. The number of hydrogen-bond donors (Lipinski definition) is 0. The predicted molar refractivity (Wildman–Crippen MR) is 116 cm³/mol. The zero-order valence-corrected chi connectivity index (χ0v) is 17.3. The second-order valence-corrected chi connectivity index (χ2v) is 7.84. The number of nitriles is 1. The van der Waals surface area contributed by atoms with E-state index in [1.807, 2.05) is 36.4 Å². The first-order valence-electron chi connectivity index (χ1n) is 9.65. The molecule has 1 aliphatic heterocycles. The van der Waals surface area contributed by atoms with Crippen molar-refractivity contribution in [2.24, 2.45) is 0 Å². The molecule has 1 fully saturated rings. The molecule has 1 aromatic heterocycles. The van der Waals surface area contributed by atoms with Gasteiger partial charge in [-0.05, 0) is 23.8 Å². The van der Waals surface area contributed by atoms with E-state index in [2.05, 4.69) is 0 Å². The zero-order chi connectivity index (χ0) is 21.8. The van der Waals surface area contributed by atoms with Crippen LogP contribution in [0.3, 0.4) is 0 Å². The van der Waals surface area contributed by atoms with Crippen molar-refractivity contribution < 1.29 is 13.9 Å². The third-order valence-electron chi connectivity index (χ3n) is 4.85. The van der Waals surface area contributed by atoms with Crippen molar-refractivity contribution in [3.63, 3.8) is 0 Å². The Labute approximate surface area is 181 Å². The highest BCUT2D eigenvalue weighted by Gasteiger charge is 2.24. The van der Waals surface area contributed by atoms with Crippen LogP contribution in [0.5, 0.6) is 0 Å². The molecule has 0 spiro atoms. The Balaban J connectivity index is 2.01. The molecule has 0 aliphatic carbocycles. The van der Waals surface area contributed by atoms with Crippen LogP contribution in [0.25, 0.3) is 17.3 Å². The van der Waals surface area contributed by atoms with Gasteiger partial charge in [0.15, 0.2) is 5.57 Å². The van der Waals surface area contributed by atoms with Crippen LogP contribution < -0.4 is 14.8 Å². The Kier molecular flexibility index (Phi) is 6.07. The third-order valence-corrected chi connectivity index (χ3v) is 5.94. The largest absolute Gasteiger partial charge is 0.378 e. The maximum Gasteiger partial charge on any atom is 0.273 e. The molecule has 8 heteroatoms. The van der Waals surface area contributed by atoms with Crippen molar-refractivity contribution in [2.45, 2.75) is 0 Å². The van der Waals surface area contributed by atoms with Crippen LogP contribution in [0.1, 0.15) is 5.56 Å². The lowest BCUT2D eigenvalue weighted by molar-refractivity contribution is -0.128. The highest BCUT2D eigenvalue weighted by Crippen LogP contribution is 2.11. The Morgan fingerprint density at radius 1 is 1.10 bits per heavy atom. The van der Waals surface area contributed by atoms with E-state index in [4.69, 9.17) is 4.74 Å². The Morgan fingerprint density at radius 3 is 2.45 bits per heavy atom. The number of thiazole rings is 1. The normalized spacial score (nSPS) is 15.5. The van der Waals surface area contributed by atoms with Crippen LogP contribution >= 0.6 is 11.3 Å². The number of hydrogen-bond acceptors (Lipinski definition) is 5. The van der Waals surface area contributed by atoms with E-state index in [-0.39, 0.29) is 15.9 Å². The fraction of sp³-hybridized carbons (Fsp3) is 0.174. The highest BCUT2D eigenvalue weighted by atomic mass is 32.1. The summed E-state index contributed by atoms with van der Waals surface area (Å²) in [5.74, 6) is -1.12. The van der Waals surface area contributed by atoms with Gasteiger partial charge in [-0.15, -0.1) is 11.3 Å².